The maximum atomic E-state index is 13.7. The summed E-state index contributed by atoms with van der Waals surface area (Å²) in [5, 5.41) is 34.0. The van der Waals surface area contributed by atoms with Crippen LogP contribution in [-0.4, -0.2) is 50.4 Å². The van der Waals surface area contributed by atoms with Crippen LogP contribution in [0, 0.1) is 0 Å². The number of nitrogens with zero attached hydrogens (tertiary/aromatic N) is 5. The van der Waals surface area contributed by atoms with Gasteiger partial charge in [-0.3, -0.25) is 14.8 Å². The number of hydrazone groups is 1. The van der Waals surface area contributed by atoms with Crippen molar-refractivity contribution in [3.63, 3.8) is 0 Å². The minimum absolute atomic E-state index is 0. The average Bonchev–Trinajstić information content (AvgIpc) is 3.13. The zero-order valence-electron chi connectivity index (χ0n) is 31.5. The van der Waals surface area contributed by atoms with Crippen LogP contribution >= 0.6 is 0 Å². The van der Waals surface area contributed by atoms with Gasteiger partial charge in [-0.25, -0.2) is 16.8 Å². The Hall–Kier alpha value is -3.89. The molecule has 292 valence electrons. The maximum absolute atomic E-state index is 13.7. The van der Waals surface area contributed by atoms with E-state index in [9.17, 15) is 48.8 Å². The van der Waals surface area contributed by atoms with Crippen LogP contribution in [0.25, 0.3) is 6.08 Å². The molecule has 60 heavy (non-hydrogen) atoms. The van der Waals surface area contributed by atoms with Crippen molar-refractivity contribution >= 4 is 99.1 Å². The third-order valence-electron chi connectivity index (χ3n) is 7.82. The number of carbonyl (C=O) groups is 1. The van der Waals surface area contributed by atoms with Gasteiger partial charge in [-0.2, -0.15) is 28.9 Å². The summed E-state index contributed by atoms with van der Waals surface area (Å²) in [6.07, 6.45) is 0.684. The number of azo groups is 2. The molecule has 0 fully saturated rings. The summed E-state index contributed by atoms with van der Waals surface area (Å²) in [7, 11) is -15.9. The van der Waals surface area contributed by atoms with Crippen LogP contribution in [0.5, 0.6) is 5.75 Å². The van der Waals surface area contributed by atoms with Gasteiger partial charge in [0.15, 0.2) is 5.71 Å². The Bertz CT molecular complexity index is 2940. The van der Waals surface area contributed by atoms with Crippen molar-refractivity contribution in [2.45, 2.75) is 9.79 Å². The van der Waals surface area contributed by atoms with Crippen molar-refractivity contribution in [3.8, 4) is 5.75 Å². The van der Waals surface area contributed by atoms with Gasteiger partial charge in [-0.15, -0.1) is 5.11 Å². The third kappa shape index (κ3) is 11.9. The number of nitrogens with one attached hydrogen (secondary N) is 2. The molecule has 0 aromatic heterocycles. The van der Waals surface area contributed by atoms with Crippen LogP contribution in [0.4, 0.5) is 51.2 Å². The first kappa shape index (κ1) is 50.5. The molecule has 0 atom stereocenters. The molecule has 26 heteroatoms. The molecule has 6 rings (SSSR count). The Morgan fingerprint density at radius 3 is 1.88 bits per heavy atom. The molecule has 0 saturated heterocycles. The Morgan fingerprint density at radius 2 is 1.28 bits per heavy atom. The first-order valence-corrected chi connectivity index (χ1v) is 20.0. The summed E-state index contributed by atoms with van der Waals surface area (Å²) in [5.41, 5.74) is 11.3. The van der Waals surface area contributed by atoms with Crippen molar-refractivity contribution in [1.29, 1.82) is 0 Å². The molecule has 0 bridgehead atoms. The fraction of sp³-hybridized carbons (Fsp3) is 0. The Morgan fingerprint density at radius 1 is 0.667 bits per heavy atom. The first-order valence-electron chi connectivity index (χ1n) is 15.7. The predicted octanol–water partition coefficient (Wildman–Crippen LogP) is -3.79. The first-order chi connectivity index (χ1) is 26.8. The molecule has 0 spiro atoms. The van der Waals surface area contributed by atoms with Gasteiger partial charge in [-0.05, 0) is 90.5 Å². The molecule has 0 saturated carbocycles. The zero-order chi connectivity index (χ0) is 41.3. The molecule has 1 aliphatic carbocycles. The van der Waals surface area contributed by atoms with Gasteiger partial charge in [-0.1, -0.05) is 23.9 Å². The van der Waals surface area contributed by atoms with Gasteiger partial charge >= 0.3 is 88.7 Å². The Kier molecular flexibility index (Phi) is 17.1. The van der Waals surface area contributed by atoms with Crippen LogP contribution in [0.1, 0.15) is 15.9 Å². The van der Waals surface area contributed by atoms with E-state index in [0.29, 0.717) is 23.5 Å². The minimum atomic E-state index is -5.49. The van der Waals surface area contributed by atoms with Crippen molar-refractivity contribution in [1.82, 2.24) is 0 Å². The van der Waals surface area contributed by atoms with Gasteiger partial charge < -0.3 is 31.0 Å². The second kappa shape index (κ2) is 20.3. The number of fused-ring (bicyclic) bond motifs is 1. The topological polar surface area (TPSA) is 347 Å². The second-order valence-corrected chi connectivity index (χ2v) is 15.8. The quantitative estimate of drug-likeness (QED) is 0.0279. The van der Waals surface area contributed by atoms with E-state index in [4.69, 9.17) is 11.5 Å². The number of allylic oxidation sites excluding steroid dienone is 1. The van der Waals surface area contributed by atoms with E-state index in [1.807, 2.05) is 0 Å². The van der Waals surface area contributed by atoms with Gasteiger partial charge in [0, 0.05) is 11.4 Å². The van der Waals surface area contributed by atoms with Crippen molar-refractivity contribution in [2.75, 3.05) is 22.2 Å². The number of para-hydroxylation sites is 1. The van der Waals surface area contributed by atoms with Crippen LogP contribution in [0.2, 0.25) is 0 Å². The SMILES string of the molecule is Nc1ccc(N=Nc2ccc(Nc3ccc(N=Nc4c(S(=O)(=O)[O-])cc5c(c4N)C(=O)/C(=N/Nc4ccccc4)C(S(=O)(=O)O)=C5)cc3S(=O)(=O)[O-])cc2)c([O-])c1.[Na+].[Na+].[Na+]. The molecule has 1 aliphatic rings. The van der Waals surface area contributed by atoms with E-state index in [1.165, 1.54) is 60.7 Å². The van der Waals surface area contributed by atoms with Crippen LogP contribution in [0.15, 0.2) is 137 Å². The van der Waals surface area contributed by atoms with Gasteiger partial charge in [0.05, 0.1) is 49.5 Å². The van der Waals surface area contributed by atoms with E-state index in [0.717, 1.165) is 12.1 Å². The molecule has 0 aliphatic heterocycles. The molecule has 5 aromatic carbocycles. The molecule has 0 unspecified atom stereocenters. The summed E-state index contributed by atoms with van der Waals surface area (Å²) in [6, 6.07) is 21.6. The standard InChI is InChI=1S/C34H27N9O11S3.3Na/c35-19-6-12-24(26(44)16-19)41-38-22-9-7-20(8-10-22)37-25-13-11-23(17-27(25)55(46,47)48)40-42-32-28(56(49,50)51)14-18-15-29(57(52,53)54)33(34(45)30(18)31(32)36)43-39-21-4-2-1-3-5-21;;;/h1-17,37,39,44H,35-36H2,(H,46,47,48)(H,49,50,51)(H,52,53,54);;;/q;3*+1/p-3/b41-38?,42-40?,43-33+;;;. The maximum Gasteiger partial charge on any atom is 1.00 e. The van der Waals surface area contributed by atoms with E-state index in [1.54, 1.807) is 18.2 Å². The molecule has 0 radical (unpaired) electrons. The van der Waals surface area contributed by atoms with E-state index < -0.39 is 84.8 Å². The van der Waals surface area contributed by atoms with Crippen molar-refractivity contribution in [3.05, 3.63) is 113 Å². The minimum Gasteiger partial charge on any atom is -0.871 e. The molecule has 7 N–H and O–H groups in total. The Balaban J connectivity index is 0.00000320. The molecule has 20 nitrogen and oxygen atoms in total. The number of nitrogens with two attached hydrogens (primary N) is 2. The number of hydrogen-bond acceptors (Lipinski definition) is 19. The summed E-state index contributed by atoms with van der Waals surface area (Å²) in [5.74, 6) is -1.66. The normalized spacial score (nSPS) is 13.5. The monoisotopic (exact) mass is 899 g/mol. The summed E-state index contributed by atoms with van der Waals surface area (Å²) < 4.78 is 108. The number of rotatable bonds is 11. The summed E-state index contributed by atoms with van der Waals surface area (Å²) in [4.78, 5) is 10.6. The smallest absolute Gasteiger partial charge is 0.871 e. The number of anilines is 5. The van der Waals surface area contributed by atoms with Crippen LogP contribution in [0.3, 0.4) is 0 Å². The summed E-state index contributed by atoms with van der Waals surface area (Å²) >= 11 is 0. The van der Waals surface area contributed by atoms with Gasteiger partial charge in [0.2, 0.25) is 5.78 Å². The summed E-state index contributed by atoms with van der Waals surface area (Å²) in [6.45, 7) is 0. The number of hydrogen-bond donors (Lipinski definition) is 5. The molecule has 5 aromatic rings. The molecular formula is C34H24N9Na3O11S3. The van der Waals surface area contributed by atoms with Gasteiger partial charge in [0.1, 0.15) is 30.8 Å². The fourth-order valence-corrected chi connectivity index (χ4v) is 7.18. The number of carbonyl (C=O) groups excluding carboxylic acids is 1. The Labute approximate surface area is 408 Å². The fourth-order valence-electron chi connectivity index (χ4n) is 5.21. The van der Waals surface area contributed by atoms with Crippen LogP contribution < -0.4 is 116 Å². The van der Waals surface area contributed by atoms with E-state index in [2.05, 4.69) is 36.3 Å². The molecule has 0 amide bonds. The molecule has 0 heterocycles. The van der Waals surface area contributed by atoms with E-state index in [-0.39, 0.29) is 117 Å². The largest absolute Gasteiger partial charge is 1.00 e. The zero-order valence-corrected chi connectivity index (χ0v) is 39.9. The predicted molar refractivity (Wildman–Crippen MR) is 203 cm³/mol. The van der Waals surface area contributed by atoms with Crippen LogP contribution in [-0.2, 0) is 30.4 Å². The number of ketones is 1. The molecular weight excluding hydrogens is 876 g/mol. The van der Waals surface area contributed by atoms with Gasteiger partial charge in [0.25, 0.3) is 10.1 Å². The number of benzene rings is 5. The third-order valence-corrected chi connectivity index (χ3v) is 10.4. The van der Waals surface area contributed by atoms with Crippen molar-refractivity contribution in [2.24, 2.45) is 25.6 Å². The van der Waals surface area contributed by atoms with Crippen molar-refractivity contribution < 1.29 is 137 Å². The second-order valence-electron chi connectivity index (χ2n) is 11.7. The number of Topliss-reactive ketones (excluding diaryl/α,β-unsaturated/α-hetero) is 1. The van der Waals surface area contributed by atoms with E-state index >= 15 is 0 Å². The average molecular weight is 900 g/mol. The number of nitrogen functional groups attached to an aromatic ring is 2.